The van der Waals surface area contributed by atoms with E-state index in [0.29, 0.717) is 5.56 Å². The summed E-state index contributed by atoms with van der Waals surface area (Å²) in [6, 6.07) is 6.10. The predicted octanol–water partition coefficient (Wildman–Crippen LogP) is 0.351. The number of aryl methyl sites for hydroxylation is 1. The minimum absolute atomic E-state index is 0.0412. The maximum absolute atomic E-state index is 11.9. The van der Waals surface area contributed by atoms with Crippen molar-refractivity contribution in [2.45, 2.75) is 26.8 Å². The third-order valence-corrected chi connectivity index (χ3v) is 2.96. The summed E-state index contributed by atoms with van der Waals surface area (Å²) >= 11 is 0. The Hall–Kier alpha value is -2.37. The van der Waals surface area contributed by atoms with Gasteiger partial charge in [-0.25, -0.2) is 0 Å². The molecule has 0 bridgehead atoms. The molecule has 3 amide bonds. The van der Waals surface area contributed by atoms with Crippen LogP contribution in [0.3, 0.4) is 0 Å². The van der Waals surface area contributed by atoms with Crippen molar-refractivity contribution in [3.8, 4) is 0 Å². The number of rotatable bonds is 6. The molecule has 1 atom stereocenters. The molecule has 0 saturated heterocycles. The number of carbonyl (C=O) groups excluding carboxylic acids is 3. The Kier molecular flexibility index (Phi) is 5.90. The van der Waals surface area contributed by atoms with Crippen LogP contribution in [0.4, 0.5) is 0 Å². The van der Waals surface area contributed by atoms with Crippen molar-refractivity contribution in [1.82, 2.24) is 10.6 Å². The van der Waals surface area contributed by atoms with Crippen LogP contribution in [0, 0.1) is 12.8 Å². The van der Waals surface area contributed by atoms with Gasteiger partial charge in [0.05, 0.1) is 0 Å². The number of hydrogen-bond acceptors (Lipinski definition) is 3. The zero-order valence-electron chi connectivity index (χ0n) is 12.5. The van der Waals surface area contributed by atoms with E-state index in [1.54, 1.807) is 26.0 Å². The topological polar surface area (TPSA) is 101 Å². The van der Waals surface area contributed by atoms with E-state index in [0.717, 1.165) is 5.56 Å². The molecule has 0 saturated carbocycles. The number of nitrogens with two attached hydrogens (primary N) is 1. The van der Waals surface area contributed by atoms with Gasteiger partial charge >= 0.3 is 0 Å². The first-order valence-electron chi connectivity index (χ1n) is 6.75. The summed E-state index contributed by atoms with van der Waals surface area (Å²) in [4.78, 5) is 34.8. The molecule has 0 heterocycles. The van der Waals surface area contributed by atoms with Crippen molar-refractivity contribution in [3.05, 3.63) is 35.4 Å². The Balaban J connectivity index is 2.61. The fourth-order valence-corrected chi connectivity index (χ4v) is 1.56. The predicted molar refractivity (Wildman–Crippen MR) is 79.5 cm³/mol. The third kappa shape index (κ3) is 5.25. The molecule has 6 heteroatoms. The van der Waals surface area contributed by atoms with Crippen LogP contribution in [0.15, 0.2) is 24.3 Å². The quantitative estimate of drug-likeness (QED) is 0.705. The van der Waals surface area contributed by atoms with E-state index in [1.165, 1.54) is 0 Å². The first-order valence-corrected chi connectivity index (χ1v) is 6.75. The van der Waals surface area contributed by atoms with Crippen molar-refractivity contribution in [2.24, 2.45) is 11.7 Å². The molecule has 0 spiro atoms. The summed E-state index contributed by atoms with van der Waals surface area (Å²) in [5.74, 6) is -1.56. The summed E-state index contributed by atoms with van der Waals surface area (Å²) in [5.41, 5.74) is 6.76. The monoisotopic (exact) mass is 291 g/mol. The fraction of sp³-hybridized carbons (Fsp3) is 0.400. The molecule has 1 rings (SSSR count). The molecule has 114 valence electrons. The molecule has 0 radical (unpaired) electrons. The van der Waals surface area contributed by atoms with Gasteiger partial charge in [-0.15, -0.1) is 0 Å². The van der Waals surface area contributed by atoms with Gasteiger partial charge < -0.3 is 16.4 Å². The second kappa shape index (κ2) is 7.42. The van der Waals surface area contributed by atoms with Crippen molar-refractivity contribution < 1.29 is 14.4 Å². The molecule has 0 fully saturated rings. The smallest absolute Gasteiger partial charge is 0.251 e. The maximum atomic E-state index is 11.9. The molecular formula is C15H21N3O3. The largest absolute Gasteiger partial charge is 0.368 e. The van der Waals surface area contributed by atoms with Crippen molar-refractivity contribution >= 4 is 17.7 Å². The van der Waals surface area contributed by atoms with Crippen LogP contribution in [0.2, 0.25) is 0 Å². The minimum Gasteiger partial charge on any atom is -0.368 e. The van der Waals surface area contributed by atoms with Crippen LogP contribution in [0.25, 0.3) is 0 Å². The summed E-state index contributed by atoms with van der Waals surface area (Å²) < 4.78 is 0. The summed E-state index contributed by atoms with van der Waals surface area (Å²) in [7, 11) is 0. The standard InChI is InChI=1S/C15H21N3O3/c1-9(2)14(20)18-12(13(16)19)8-17-15(21)11-6-4-10(3)5-7-11/h4-7,9,12H,8H2,1-3H3,(H2,16,19)(H,17,21)(H,18,20)/t12-/m0/s1. The van der Waals surface area contributed by atoms with Crippen molar-refractivity contribution in [3.63, 3.8) is 0 Å². The Morgan fingerprint density at radius 3 is 2.19 bits per heavy atom. The number of hydrogen-bond donors (Lipinski definition) is 3. The fourth-order valence-electron chi connectivity index (χ4n) is 1.56. The maximum Gasteiger partial charge on any atom is 0.251 e. The molecule has 4 N–H and O–H groups in total. The summed E-state index contributed by atoms with van der Waals surface area (Å²) in [5, 5.41) is 5.09. The molecule has 21 heavy (non-hydrogen) atoms. The lowest BCUT2D eigenvalue weighted by atomic mass is 10.1. The van der Waals surface area contributed by atoms with E-state index < -0.39 is 11.9 Å². The SMILES string of the molecule is Cc1ccc(C(=O)NC[C@H](NC(=O)C(C)C)C(N)=O)cc1. The molecule has 0 aliphatic rings. The molecular weight excluding hydrogens is 270 g/mol. The molecule has 0 aromatic heterocycles. The zero-order chi connectivity index (χ0) is 16.0. The van der Waals surface area contributed by atoms with Crippen LogP contribution in [0.5, 0.6) is 0 Å². The molecule has 6 nitrogen and oxygen atoms in total. The lowest BCUT2D eigenvalue weighted by Gasteiger charge is -2.17. The lowest BCUT2D eigenvalue weighted by molar-refractivity contribution is -0.129. The Bertz CT molecular complexity index is 523. The van der Waals surface area contributed by atoms with E-state index in [9.17, 15) is 14.4 Å². The van der Waals surface area contributed by atoms with Crippen LogP contribution in [-0.2, 0) is 9.59 Å². The minimum atomic E-state index is -0.922. The van der Waals surface area contributed by atoms with Gasteiger partial charge in [0.15, 0.2) is 0 Å². The highest BCUT2D eigenvalue weighted by molar-refractivity contribution is 5.95. The first-order chi connectivity index (χ1) is 9.81. The van der Waals surface area contributed by atoms with E-state index in [4.69, 9.17) is 5.73 Å². The number of carbonyl (C=O) groups is 3. The number of nitrogens with one attached hydrogen (secondary N) is 2. The molecule has 0 aliphatic carbocycles. The van der Waals surface area contributed by atoms with Gasteiger partial charge in [0.25, 0.3) is 5.91 Å². The third-order valence-electron chi connectivity index (χ3n) is 2.96. The lowest BCUT2D eigenvalue weighted by Crippen LogP contribution is -2.52. The molecule has 1 aromatic rings. The van der Waals surface area contributed by atoms with Crippen molar-refractivity contribution in [2.75, 3.05) is 6.54 Å². The Morgan fingerprint density at radius 2 is 1.71 bits per heavy atom. The average Bonchev–Trinajstić information content (AvgIpc) is 2.43. The zero-order valence-corrected chi connectivity index (χ0v) is 12.5. The Labute approximate surface area is 124 Å². The van der Waals surface area contributed by atoms with Crippen LogP contribution < -0.4 is 16.4 Å². The number of amides is 3. The van der Waals surface area contributed by atoms with Gasteiger partial charge in [-0.2, -0.15) is 0 Å². The van der Waals surface area contributed by atoms with Gasteiger partial charge in [0, 0.05) is 18.0 Å². The Morgan fingerprint density at radius 1 is 1.14 bits per heavy atom. The van der Waals surface area contributed by atoms with E-state index in [-0.39, 0.29) is 24.3 Å². The highest BCUT2D eigenvalue weighted by atomic mass is 16.2. The van der Waals surface area contributed by atoms with Gasteiger partial charge in [-0.05, 0) is 19.1 Å². The highest BCUT2D eigenvalue weighted by Crippen LogP contribution is 2.02. The van der Waals surface area contributed by atoms with Crippen LogP contribution >= 0.6 is 0 Å². The van der Waals surface area contributed by atoms with E-state index in [2.05, 4.69) is 10.6 Å². The van der Waals surface area contributed by atoms with Gasteiger partial charge in [0.1, 0.15) is 6.04 Å². The van der Waals surface area contributed by atoms with E-state index in [1.807, 2.05) is 19.1 Å². The highest BCUT2D eigenvalue weighted by Gasteiger charge is 2.20. The second-order valence-corrected chi connectivity index (χ2v) is 5.19. The van der Waals surface area contributed by atoms with Gasteiger partial charge in [-0.3, -0.25) is 14.4 Å². The molecule has 0 unspecified atom stereocenters. The van der Waals surface area contributed by atoms with Crippen molar-refractivity contribution in [1.29, 1.82) is 0 Å². The average molecular weight is 291 g/mol. The van der Waals surface area contributed by atoms with Crippen LogP contribution in [0.1, 0.15) is 29.8 Å². The normalized spacial score (nSPS) is 11.8. The number of benzene rings is 1. The van der Waals surface area contributed by atoms with Gasteiger partial charge in [0.2, 0.25) is 11.8 Å². The molecule has 0 aliphatic heterocycles. The second-order valence-electron chi connectivity index (χ2n) is 5.19. The summed E-state index contributed by atoms with van der Waals surface area (Å²) in [6.45, 7) is 5.29. The van der Waals surface area contributed by atoms with Crippen LogP contribution in [-0.4, -0.2) is 30.3 Å². The molecule has 1 aromatic carbocycles. The van der Waals surface area contributed by atoms with E-state index >= 15 is 0 Å². The number of primary amides is 1. The summed E-state index contributed by atoms with van der Waals surface area (Å²) in [6.07, 6.45) is 0. The first kappa shape index (κ1) is 16.7. The van der Waals surface area contributed by atoms with Gasteiger partial charge in [-0.1, -0.05) is 31.5 Å².